The molecule has 0 saturated heterocycles. The molecular weight excluding hydrogens is 212 g/mol. The summed E-state index contributed by atoms with van der Waals surface area (Å²) >= 11 is 1.87. The molecule has 0 aromatic heterocycles. The van der Waals surface area contributed by atoms with Crippen molar-refractivity contribution < 1.29 is 0 Å². The van der Waals surface area contributed by atoms with Gasteiger partial charge in [-0.1, -0.05) is 48.5 Å². The molecule has 16 heavy (non-hydrogen) atoms. The molecule has 2 aromatic rings. The molecule has 0 aliphatic carbocycles. The average molecular weight is 228 g/mol. The number of thioether (sulfide) groups is 1. The van der Waals surface area contributed by atoms with Gasteiger partial charge >= 0.3 is 0 Å². The van der Waals surface area contributed by atoms with E-state index in [0.29, 0.717) is 0 Å². The molecule has 0 atom stereocenters. The van der Waals surface area contributed by atoms with Crippen molar-refractivity contribution in [3.8, 4) is 11.1 Å². The highest BCUT2D eigenvalue weighted by Gasteiger charge is 2.01. The van der Waals surface area contributed by atoms with Gasteiger partial charge in [-0.3, -0.25) is 0 Å². The quantitative estimate of drug-likeness (QED) is 0.744. The maximum absolute atomic E-state index is 2.28. The Bertz CT molecular complexity index is 460. The first-order chi connectivity index (χ1) is 7.81. The second-order valence-electron chi connectivity index (χ2n) is 3.94. The van der Waals surface area contributed by atoms with Gasteiger partial charge in [-0.25, -0.2) is 0 Å². The van der Waals surface area contributed by atoms with E-state index in [1.807, 2.05) is 11.8 Å². The molecule has 0 heterocycles. The summed E-state index contributed by atoms with van der Waals surface area (Å²) in [5.74, 6) is 1.10. The van der Waals surface area contributed by atoms with Gasteiger partial charge < -0.3 is 0 Å². The van der Waals surface area contributed by atoms with E-state index >= 15 is 0 Å². The minimum absolute atomic E-state index is 1.10. The molecule has 0 nitrogen and oxygen atoms in total. The predicted octanol–water partition coefficient (Wildman–Crippen LogP) is 4.53. The summed E-state index contributed by atoms with van der Waals surface area (Å²) in [5, 5.41) is 0. The first-order valence-corrected chi connectivity index (χ1v) is 6.84. The minimum Gasteiger partial charge on any atom is -0.161 e. The van der Waals surface area contributed by atoms with E-state index in [1.54, 1.807) is 0 Å². The lowest BCUT2D eigenvalue weighted by Gasteiger charge is -2.07. The molecule has 0 saturated carbocycles. The zero-order valence-corrected chi connectivity index (χ0v) is 10.6. The lowest BCUT2D eigenvalue weighted by Crippen LogP contribution is -1.87. The summed E-state index contributed by atoms with van der Waals surface area (Å²) < 4.78 is 0. The minimum atomic E-state index is 1.10. The zero-order valence-electron chi connectivity index (χ0n) is 9.73. The Balaban J connectivity index is 2.35. The van der Waals surface area contributed by atoms with Gasteiger partial charge in [-0.05, 0) is 35.4 Å². The van der Waals surface area contributed by atoms with Gasteiger partial charge in [0, 0.05) is 5.75 Å². The second kappa shape index (κ2) is 5.22. The molecule has 0 bridgehead atoms. The fourth-order valence-corrected chi connectivity index (χ4v) is 2.46. The number of aryl methyl sites for hydroxylation is 1. The lowest BCUT2D eigenvalue weighted by atomic mass is 10.0. The standard InChI is InChI=1S/C15H16S/c1-12-10-14(8-9-15(12)11-16-2)13-6-4-3-5-7-13/h3-10H,11H2,1-2H3. The highest BCUT2D eigenvalue weighted by molar-refractivity contribution is 7.97. The Morgan fingerprint density at radius 2 is 1.69 bits per heavy atom. The monoisotopic (exact) mass is 228 g/mol. The number of rotatable bonds is 3. The Morgan fingerprint density at radius 3 is 2.31 bits per heavy atom. The molecule has 0 aliphatic heterocycles. The van der Waals surface area contributed by atoms with Crippen molar-refractivity contribution in [3.63, 3.8) is 0 Å². The van der Waals surface area contributed by atoms with Gasteiger partial charge in [0.05, 0.1) is 0 Å². The molecule has 2 rings (SSSR count). The van der Waals surface area contributed by atoms with Crippen molar-refractivity contribution >= 4 is 11.8 Å². The van der Waals surface area contributed by atoms with E-state index < -0.39 is 0 Å². The Morgan fingerprint density at radius 1 is 0.938 bits per heavy atom. The van der Waals surface area contributed by atoms with Crippen molar-refractivity contribution in [2.75, 3.05) is 6.26 Å². The van der Waals surface area contributed by atoms with Crippen LogP contribution in [0, 0.1) is 6.92 Å². The molecular formula is C15H16S. The van der Waals surface area contributed by atoms with Crippen molar-refractivity contribution in [2.24, 2.45) is 0 Å². The smallest absolute Gasteiger partial charge is 0.0184 e. The largest absolute Gasteiger partial charge is 0.161 e. The molecule has 0 radical (unpaired) electrons. The average Bonchev–Trinajstić information content (AvgIpc) is 2.33. The molecule has 2 aromatic carbocycles. The van der Waals surface area contributed by atoms with Crippen LogP contribution in [-0.2, 0) is 5.75 Å². The van der Waals surface area contributed by atoms with E-state index in [2.05, 4.69) is 61.7 Å². The molecule has 0 fully saturated rings. The van der Waals surface area contributed by atoms with E-state index in [9.17, 15) is 0 Å². The van der Waals surface area contributed by atoms with Crippen LogP contribution in [0.15, 0.2) is 48.5 Å². The summed E-state index contributed by atoms with van der Waals surface area (Å²) in [4.78, 5) is 0. The zero-order chi connectivity index (χ0) is 11.4. The molecule has 0 amide bonds. The molecule has 0 unspecified atom stereocenters. The van der Waals surface area contributed by atoms with Gasteiger partial charge in [0.15, 0.2) is 0 Å². The van der Waals surface area contributed by atoms with Crippen LogP contribution in [0.2, 0.25) is 0 Å². The van der Waals surface area contributed by atoms with Crippen molar-refractivity contribution in [1.29, 1.82) is 0 Å². The van der Waals surface area contributed by atoms with E-state index in [4.69, 9.17) is 0 Å². The number of hydrogen-bond donors (Lipinski definition) is 0. The van der Waals surface area contributed by atoms with Crippen molar-refractivity contribution in [2.45, 2.75) is 12.7 Å². The number of benzene rings is 2. The van der Waals surface area contributed by atoms with E-state index in [-0.39, 0.29) is 0 Å². The summed E-state index contributed by atoms with van der Waals surface area (Å²) in [6, 6.07) is 17.3. The van der Waals surface area contributed by atoms with Crippen LogP contribution < -0.4 is 0 Å². The summed E-state index contributed by atoms with van der Waals surface area (Å²) in [6.07, 6.45) is 2.14. The van der Waals surface area contributed by atoms with Crippen LogP contribution in [0.4, 0.5) is 0 Å². The summed E-state index contributed by atoms with van der Waals surface area (Å²) in [7, 11) is 0. The molecule has 0 aliphatic rings. The molecule has 0 N–H and O–H groups in total. The van der Waals surface area contributed by atoms with Crippen LogP contribution >= 0.6 is 11.8 Å². The Kier molecular flexibility index (Phi) is 3.68. The van der Waals surface area contributed by atoms with E-state index in [1.165, 1.54) is 22.3 Å². The first-order valence-electron chi connectivity index (χ1n) is 5.45. The predicted molar refractivity (Wildman–Crippen MR) is 73.8 cm³/mol. The van der Waals surface area contributed by atoms with Crippen LogP contribution in [-0.4, -0.2) is 6.26 Å². The van der Waals surface area contributed by atoms with Crippen LogP contribution in [0.1, 0.15) is 11.1 Å². The summed E-state index contributed by atoms with van der Waals surface area (Å²) in [6.45, 7) is 2.19. The topological polar surface area (TPSA) is 0 Å². The maximum atomic E-state index is 2.28. The van der Waals surface area contributed by atoms with Crippen LogP contribution in [0.5, 0.6) is 0 Å². The van der Waals surface area contributed by atoms with Crippen molar-refractivity contribution in [3.05, 3.63) is 59.7 Å². The SMILES string of the molecule is CSCc1ccc(-c2ccccc2)cc1C. The van der Waals surface area contributed by atoms with Gasteiger partial charge in [-0.15, -0.1) is 0 Å². The third-order valence-electron chi connectivity index (χ3n) is 2.75. The molecule has 1 heteroatoms. The van der Waals surface area contributed by atoms with Gasteiger partial charge in [0.25, 0.3) is 0 Å². The Labute approximate surface area is 102 Å². The van der Waals surface area contributed by atoms with Gasteiger partial charge in [0.1, 0.15) is 0 Å². The van der Waals surface area contributed by atoms with Crippen molar-refractivity contribution in [1.82, 2.24) is 0 Å². The lowest BCUT2D eigenvalue weighted by molar-refractivity contribution is 1.31. The van der Waals surface area contributed by atoms with Crippen LogP contribution in [0.25, 0.3) is 11.1 Å². The third-order valence-corrected chi connectivity index (χ3v) is 3.35. The maximum Gasteiger partial charge on any atom is 0.0184 e. The van der Waals surface area contributed by atoms with E-state index in [0.717, 1.165) is 5.75 Å². The first kappa shape index (κ1) is 11.3. The summed E-state index contributed by atoms with van der Waals surface area (Å²) in [5.41, 5.74) is 5.42. The fraction of sp³-hybridized carbons (Fsp3) is 0.200. The van der Waals surface area contributed by atoms with Gasteiger partial charge in [-0.2, -0.15) is 11.8 Å². The highest BCUT2D eigenvalue weighted by Crippen LogP contribution is 2.23. The fourth-order valence-electron chi connectivity index (χ4n) is 1.82. The molecule has 0 spiro atoms. The second-order valence-corrected chi connectivity index (χ2v) is 4.81. The van der Waals surface area contributed by atoms with Crippen LogP contribution in [0.3, 0.4) is 0 Å². The highest BCUT2D eigenvalue weighted by atomic mass is 32.2. The Hall–Kier alpha value is -1.21. The normalized spacial score (nSPS) is 10.4. The molecule has 82 valence electrons. The third kappa shape index (κ3) is 2.48. The van der Waals surface area contributed by atoms with Gasteiger partial charge in [0.2, 0.25) is 0 Å². The number of hydrogen-bond acceptors (Lipinski definition) is 1.